The molecule has 1 atom stereocenters. The number of nitrogens with one attached hydrogen (secondary N) is 1. The fourth-order valence-corrected chi connectivity index (χ4v) is 2.24. The number of benzene rings is 1. The summed E-state index contributed by atoms with van der Waals surface area (Å²) in [5, 5.41) is 3.19. The summed E-state index contributed by atoms with van der Waals surface area (Å²) in [5.41, 5.74) is 6.14. The minimum atomic E-state index is -0.544. The molecule has 0 aliphatic rings. The number of carbonyl (C=O) groups is 1. The number of halogens is 2. The van der Waals surface area contributed by atoms with Crippen molar-refractivity contribution in [3.63, 3.8) is 0 Å². The molecule has 0 saturated heterocycles. The van der Waals surface area contributed by atoms with Crippen LogP contribution >= 0.6 is 27.5 Å². The van der Waals surface area contributed by atoms with Gasteiger partial charge in [-0.15, -0.1) is 0 Å². The zero-order valence-electron chi connectivity index (χ0n) is 9.59. The third kappa shape index (κ3) is 3.59. The number of carbonyl (C=O) groups excluding carboxylic acids is 1. The lowest BCUT2D eigenvalue weighted by Crippen LogP contribution is -2.34. The monoisotopic (exact) mass is 320 g/mol. The van der Waals surface area contributed by atoms with E-state index < -0.39 is 6.04 Å². The van der Waals surface area contributed by atoms with E-state index in [0.29, 0.717) is 27.4 Å². The molecule has 4 nitrogen and oxygen atoms in total. The number of methoxy groups -OCH3 is 1. The normalized spacial score (nSPS) is 12.1. The molecule has 0 heterocycles. The van der Waals surface area contributed by atoms with Crippen LogP contribution in [0.1, 0.15) is 13.3 Å². The van der Waals surface area contributed by atoms with Gasteiger partial charge in [0.2, 0.25) is 5.91 Å². The summed E-state index contributed by atoms with van der Waals surface area (Å²) in [6, 6.07) is 2.76. The Bertz CT molecular complexity index is 426. The Kier molecular flexibility index (Phi) is 5.24. The van der Waals surface area contributed by atoms with Crippen molar-refractivity contribution in [2.75, 3.05) is 12.4 Å². The summed E-state index contributed by atoms with van der Waals surface area (Å²) < 4.78 is 5.86. The summed E-state index contributed by atoms with van der Waals surface area (Å²) in [5.74, 6) is 0.256. The Hall–Kier alpha value is -0.780. The van der Waals surface area contributed by atoms with Gasteiger partial charge in [0, 0.05) is 5.02 Å². The van der Waals surface area contributed by atoms with Crippen LogP contribution in [0.3, 0.4) is 0 Å². The summed E-state index contributed by atoms with van der Waals surface area (Å²) in [4.78, 5) is 11.7. The van der Waals surface area contributed by atoms with Gasteiger partial charge in [0.25, 0.3) is 0 Å². The zero-order valence-corrected chi connectivity index (χ0v) is 11.9. The number of amides is 1. The van der Waals surface area contributed by atoms with Crippen molar-refractivity contribution in [2.24, 2.45) is 5.73 Å². The van der Waals surface area contributed by atoms with Crippen LogP contribution in [-0.4, -0.2) is 19.1 Å². The zero-order chi connectivity index (χ0) is 13.0. The van der Waals surface area contributed by atoms with Gasteiger partial charge in [-0.3, -0.25) is 4.79 Å². The average molecular weight is 322 g/mol. The van der Waals surface area contributed by atoms with Crippen molar-refractivity contribution < 1.29 is 9.53 Å². The first-order chi connectivity index (χ1) is 7.99. The largest absolute Gasteiger partial charge is 0.493 e. The Balaban J connectivity index is 3.01. The predicted molar refractivity (Wildman–Crippen MR) is 72.6 cm³/mol. The first-order valence-electron chi connectivity index (χ1n) is 5.09. The predicted octanol–water partition coefficient (Wildman–Crippen LogP) is 2.79. The average Bonchev–Trinajstić information content (AvgIpc) is 2.27. The molecular formula is C11H14BrClN2O2. The topological polar surface area (TPSA) is 64.4 Å². The third-order valence-corrected chi connectivity index (χ3v) is 3.05. The summed E-state index contributed by atoms with van der Waals surface area (Å²) in [6.45, 7) is 1.84. The van der Waals surface area contributed by atoms with Crippen molar-refractivity contribution in [2.45, 2.75) is 19.4 Å². The number of hydrogen-bond donors (Lipinski definition) is 2. The maximum atomic E-state index is 11.7. The second-order valence-electron chi connectivity index (χ2n) is 3.47. The molecule has 0 radical (unpaired) electrons. The van der Waals surface area contributed by atoms with Crippen LogP contribution in [-0.2, 0) is 4.79 Å². The minimum absolute atomic E-state index is 0.264. The van der Waals surface area contributed by atoms with Gasteiger partial charge in [-0.2, -0.15) is 0 Å². The van der Waals surface area contributed by atoms with Crippen LogP contribution in [0.4, 0.5) is 5.69 Å². The van der Waals surface area contributed by atoms with E-state index in [4.69, 9.17) is 22.1 Å². The van der Waals surface area contributed by atoms with Gasteiger partial charge >= 0.3 is 0 Å². The van der Waals surface area contributed by atoms with Crippen molar-refractivity contribution in [1.29, 1.82) is 0 Å². The van der Waals surface area contributed by atoms with Crippen LogP contribution < -0.4 is 15.8 Å². The molecule has 94 valence electrons. The molecule has 0 aliphatic heterocycles. The quantitative estimate of drug-likeness (QED) is 0.896. The summed E-state index contributed by atoms with van der Waals surface area (Å²) in [6.07, 6.45) is 0.565. The molecule has 1 rings (SSSR count). The minimum Gasteiger partial charge on any atom is -0.493 e. The summed E-state index contributed by atoms with van der Waals surface area (Å²) in [7, 11) is 1.52. The van der Waals surface area contributed by atoms with E-state index in [2.05, 4.69) is 21.2 Å². The standard InChI is InChI=1S/C11H14BrClN2O2/c1-3-8(14)11(16)15-9-5-6(13)4-7(12)10(9)17-2/h4-5,8H,3,14H2,1-2H3,(H,15,16)/t8-/m0/s1. The van der Waals surface area contributed by atoms with E-state index in [1.807, 2.05) is 6.92 Å². The first kappa shape index (κ1) is 14.3. The molecule has 17 heavy (non-hydrogen) atoms. The second-order valence-corrected chi connectivity index (χ2v) is 4.76. The molecule has 0 aromatic heterocycles. The van der Waals surface area contributed by atoms with E-state index in [1.54, 1.807) is 12.1 Å². The second kappa shape index (κ2) is 6.23. The van der Waals surface area contributed by atoms with Gasteiger partial charge in [-0.05, 0) is 34.5 Å². The Morgan fingerprint density at radius 2 is 2.29 bits per heavy atom. The lowest BCUT2D eigenvalue weighted by Gasteiger charge is -2.14. The van der Waals surface area contributed by atoms with Gasteiger partial charge in [0.05, 0.1) is 23.3 Å². The van der Waals surface area contributed by atoms with E-state index in [1.165, 1.54) is 7.11 Å². The first-order valence-corrected chi connectivity index (χ1v) is 6.26. The molecule has 1 aromatic carbocycles. The third-order valence-electron chi connectivity index (χ3n) is 2.25. The fraction of sp³-hybridized carbons (Fsp3) is 0.364. The Morgan fingerprint density at radius 3 is 2.82 bits per heavy atom. The molecule has 1 amide bonds. The fourth-order valence-electron chi connectivity index (χ4n) is 1.27. The van der Waals surface area contributed by atoms with Crippen LogP contribution in [0.15, 0.2) is 16.6 Å². The number of hydrogen-bond acceptors (Lipinski definition) is 3. The van der Waals surface area contributed by atoms with E-state index in [-0.39, 0.29) is 5.91 Å². The van der Waals surface area contributed by atoms with Crippen molar-refractivity contribution in [3.8, 4) is 5.75 Å². The molecule has 0 fully saturated rings. The Morgan fingerprint density at radius 1 is 1.65 bits per heavy atom. The number of rotatable bonds is 4. The molecule has 3 N–H and O–H groups in total. The van der Waals surface area contributed by atoms with Gasteiger partial charge in [-0.1, -0.05) is 18.5 Å². The van der Waals surface area contributed by atoms with Crippen molar-refractivity contribution >= 4 is 39.1 Å². The summed E-state index contributed by atoms with van der Waals surface area (Å²) >= 11 is 9.22. The van der Waals surface area contributed by atoms with Crippen molar-refractivity contribution in [1.82, 2.24) is 0 Å². The maximum Gasteiger partial charge on any atom is 0.241 e. The number of anilines is 1. The lowest BCUT2D eigenvalue weighted by atomic mass is 10.2. The highest BCUT2D eigenvalue weighted by molar-refractivity contribution is 9.10. The van der Waals surface area contributed by atoms with E-state index in [0.717, 1.165) is 0 Å². The maximum absolute atomic E-state index is 11.7. The van der Waals surface area contributed by atoms with E-state index >= 15 is 0 Å². The van der Waals surface area contributed by atoms with Crippen molar-refractivity contribution in [3.05, 3.63) is 21.6 Å². The van der Waals surface area contributed by atoms with E-state index in [9.17, 15) is 4.79 Å². The molecule has 0 saturated carbocycles. The highest BCUT2D eigenvalue weighted by Gasteiger charge is 2.15. The molecule has 6 heteroatoms. The van der Waals surface area contributed by atoms with Gasteiger partial charge in [0.15, 0.2) is 5.75 Å². The van der Waals surface area contributed by atoms with Crippen LogP contribution in [0.2, 0.25) is 5.02 Å². The molecule has 0 spiro atoms. The highest BCUT2D eigenvalue weighted by atomic mass is 79.9. The molecule has 0 aliphatic carbocycles. The Labute approximate surface area is 114 Å². The highest BCUT2D eigenvalue weighted by Crippen LogP contribution is 2.36. The lowest BCUT2D eigenvalue weighted by molar-refractivity contribution is -0.117. The van der Waals surface area contributed by atoms with Gasteiger partial charge in [-0.25, -0.2) is 0 Å². The molecule has 0 unspecified atom stereocenters. The van der Waals surface area contributed by atoms with Crippen LogP contribution in [0.5, 0.6) is 5.75 Å². The molecule has 1 aromatic rings. The molecule has 0 bridgehead atoms. The van der Waals surface area contributed by atoms with Gasteiger partial charge < -0.3 is 15.8 Å². The smallest absolute Gasteiger partial charge is 0.241 e. The number of ether oxygens (including phenoxy) is 1. The number of nitrogens with two attached hydrogens (primary N) is 1. The van der Waals surface area contributed by atoms with Gasteiger partial charge in [0.1, 0.15) is 0 Å². The SMILES string of the molecule is CC[C@H](N)C(=O)Nc1cc(Cl)cc(Br)c1OC. The van der Waals surface area contributed by atoms with Crippen LogP contribution in [0.25, 0.3) is 0 Å². The van der Waals surface area contributed by atoms with Crippen LogP contribution in [0, 0.1) is 0 Å². The molecular weight excluding hydrogens is 307 g/mol.